The number of hydrogen-bond donors (Lipinski definition) is 2. The number of imide groups is 2. The third-order valence-corrected chi connectivity index (χ3v) is 10.5. The maximum absolute atomic E-state index is 13.5. The summed E-state index contributed by atoms with van der Waals surface area (Å²) in [5.74, 6) is -2.57. The van der Waals surface area contributed by atoms with Gasteiger partial charge in [-0.15, -0.1) is 0 Å². The van der Waals surface area contributed by atoms with Crippen LogP contribution in [0, 0.1) is 16.7 Å². The second-order valence-corrected chi connectivity index (χ2v) is 15.6. The van der Waals surface area contributed by atoms with E-state index in [1.807, 2.05) is 38.1 Å². The summed E-state index contributed by atoms with van der Waals surface area (Å²) in [7, 11) is 0. The summed E-state index contributed by atoms with van der Waals surface area (Å²) in [5.41, 5.74) is -0.323. The lowest BCUT2D eigenvalue weighted by Gasteiger charge is -2.27. The first kappa shape index (κ1) is 45.5. The molecule has 3 aliphatic rings. The molecule has 3 aromatic rings. The van der Waals surface area contributed by atoms with E-state index in [4.69, 9.17) is 28.9 Å². The van der Waals surface area contributed by atoms with Gasteiger partial charge >= 0.3 is 6.18 Å². The molecule has 0 aromatic heterocycles. The van der Waals surface area contributed by atoms with Crippen molar-refractivity contribution < 1.29 is 60.8 Å². The first-order chi connectivity index (χ1) is 29.7. The molecule has 330 valence electrons. The molecular weight excluding hydrogens is 816 g/mol. The second-order valence-electron chi connectivity index (χ2n) is 15.6. The molecule has 0 radical (unpaired) electrons. The smallest absolute Gasteiger partial charge is 0.417 e. The van der Waals surface area contributed by atoms with Crippen LogP contribution in [0.5, 0.6) is 11.5 Å². The van der Waals surface area contributed by atoms with E-state index in [0.717, 1.165) is 41.1 Å². The molecule has 2 atom stereocenters. The van der Waals surface area contributed by atoms with E-state index in [1.54, 1.807) is 23.1 Å². The van der Waals surface area contributed by atoms with Gasteiger partial charge in [-0.05, 0) is 67.3 Å². The molecule has 2 N–H and O–H groups in total. The summed E-state index contributed by atoms with van der Waals surface area (Å²) in [6, 6.07) is 15.8. The number of benzene rings is 3. The number of carbonyl (C=O) groups is 5. The van der Waals surface area contributed by atoms with Crippen molar-refractivity contribution in [2.24, 2.45) is 5.41 Å². The van der Waals surface area contributed by atoms with E-state index in [2.05, 4.69) is 10.6 Å². The van der Waals surface area contributed by atoms with Crippen molar-refractivity contribution >= 4 is 35.2 Å². The van der Waals surface area contributed by atoms with Gasteiger partial charge in [-0.25, -0.2) is 0 Å². The first-order valence-electron chi connectivity index (χ1n) is 20.3. The molecule has 3 aliphatic heterocycles. The van der Waals surface area contributed by atoms with Crippen LogP contribution in [0.2, 0.25) is 0 Å². The average Bonchev–Trinajstić information content (AvgIpc) is 3.61. The lowest BCUT2D eigenvalue weighted by atomic mass is 9.89. The highest BCUT2D eigenvalue weighted by Gasteiger charge is 2.49. The summed E-state index contributed by atoms with van der Waals surface area (Å²) >= 11 is 0. The molecule has 0 spiro atoms. The molecule has 2 unspecified atom stereocenters. The van der Waals surface area contributed by atoms with Crippen LogP contribution in [0.4, 0.5) is 18.9 Å². The van der Waals surface area contributed by atoms with Crippen molar-refractivity contribution in [3.8, 4) is 17.6 Å². The first-order valence-corrected chi connectivity index (χ1v) is 20.3. The fraction of sp³-hybridized carbons (Fsp3) is 0.455. The number of carbonyl (C=O) groups excluding carboxylic acids is 5. The molecule has 6 rings (SSSR count). The maximum Gasteiger partial charge on any atom is 0.417 e. The standard InChI is InChI=1S/C44H48F3N5O10/c1-43(2)27-51(42(57)38(43)62-31-13-10-29(25-48)33(24-31)44(45,46)47)26-28-8-11-30(12-9-28)49-16-19-60-21-20-58-17-3-4-18-59-22-23-61-35-7-5-6-32-37(35)41(56)52(40(32)55)34-14-15-36(53)50-39(34)54/h5-13,24,34,38,49H,3-4,14-23,26-27H2,1-2H3,(H,50,53,54). The number of fused-ring (bicyclic) bond motifs is 1. The fourth-order valence-electron chi connectivity index (χ4n) is 7.42. The lowest BCUT2D eigenvalue weighted by Crippen LogP contribution is -2.54. The Morgan fingerprint density at radius 2 is 1.56 bits per heavy atom. The van der Waals surface area contributed by atoms with Gasteiger partial charge in [0.25, 0.3) is 17.7 Å². The third kappa shape index (κ3) is 11.1. The number of alkyl halides is 3. The van der Waals surface area contributed by atoms with Crippen LogP contribution in [0.15, 0.2) is 60.7 Å². The van der Waals surface area contributed by atoms with Crippen LogP contribution in [0.1, 0.15) is 76.9 Å². The van der Waals surface area contributed by atoms with Crippen LogP contribution in [0.3, 0.4) is 0 Å². The number of nitriles is 1. The highest BCUT2D eigenvalue weighted by Crippen LogP contribution is 2.38. The number of rotatable bonds is 21. The Morgan fingerprint density at radius 3 is 2.24 bits per heavy atom. The molecule has 15 nitrogen and oxygen atoms in total. The lowest BCUT2D eigenvalue weighted by molar-refractivity contribution is -0.138. The zero-order valence-corrected chi connectivity index (χ0v) is 34.4. The molecule has 3 aromatic carbocycles. The Kier molecular flexibility index (Phi) is 14.8. The summed E-state index contributed by atoms with van der Waals surface area (Å²) in [6.45, 7) is 7.60. The minimum Gasteiger partial charge on any atom is -0.490 e. The van der Waals surface area contributed by atoms with E-state index in [1.165, 1.54) is 12.1 Å². The number of halogens is 3. The quantitative estimate of drug-likeness (QED) is 0.107. The Bertz CT molecular complexity index is 2170. The van der Waals surface area contributed by atoms with Crippen LogP contribution >= 0.6 is 0 Å². The Morgan fingerprint density at radius 1 is 0.871 bits per heavy atom. The molecule has 3 heterocycles. The summed E-state index contributed by atoms with van der Waals surface area (Å²) in [6.07, 6.45) is -4.09. The Labute approximate surface area is 356 Å². The van der Waals surface area contributed by atoms with Gasteiger partial charge in [0.15, 0.2) is 6.10 Å². The van der Waals surface area contributed by atoms with Crippen LogP contribution in [-0.2, 0) is 41.3 Å². The molecule has 0 bridgehead atoms. The number of unbranched alkanes of at least 4 members (excludes halogenated alkanes) is 1. The second kappa shape index (κ2) is 20.2. The van der Waals surface area contributed by atoms with Crippen molar-refractivity contribution in [3.63, 3.8) is 0 Å². The topological polar surface area (TPSA) is 186 Å². The summed E-state index contributed by atoms with van der Waals surface area (Å²) in [5, 5.41) is 14.5. The van der Waals surface area contributed by atoms with Gasteiger partial charge in [0.1, 0.15) is 24.1 Å². The van der Waals surface area contributed by atoms with Crippen LogP contribution < -0.4 is 20.1 Å². The number of ether oxygens (including phenoxy) is 5. The van der Waals surface area contributed by atoms with Gasteiger partial charge in [-0.1, -0.05) is 32.0 Å². The number of hydrogen-bond acceptors (Lipinski definition) is 12. The predicted molar refractivity (Wildman–Crippen MR) is 215 cm³/mol. The minimum atomic E-state index is -4.74. The Balaban J connectivity index is 0.791. The van der Waals surface area contributed by atoms with Crippen molar-refractivity contribution in [1.82, 2.24) is 15.1 Å². The molecule has 2 fully saturated rings. The number of amides is 5. The molecule has 2 saturated heterocycles. The average molecular weight is 864 g/mol. The van der Waals surface area contributed by atoms with Crippen molar-refractivity contribution in [1.29, 1.82) is 5.26 Å². The highest BCUT2D eigenvalue weighted by molar-refractivity contribution is 6.24. The van der Waals surface area contributed by atoms with E-state index in [9.17, 15) is 37.1 Å². The van der Waals surface area contributed by atoms with Gasteiger partial charge in [0.05, 0.1) is 54.8 Å². The van der Waals surface area contributed by atoms with Crippen molar-refractivity contribution in [3.05, 3.63) is 88.5 Å². The highest BCUT2D eigenvalue weighted by atomic mass is 19.4. The molecule has 0 saturated carbocycles. The van der Waals surface area contributed by atoms with Gasteiger partial charge in [0.2, 0.25) is 11.8 Å². The van der Waals surface area contributed by atoms with E-state index >= 15 is 0 Å². The predicted octanol–water partition coefficient (Wildman–Crippen LogP) is 5.12. The SMILES string of the molecule is CC1(C)CN(Cc2ccc(NCCOCCOCCCCOCCOc3cccc4c3C(=O)N(C3CCC(=O)NC3=O)C4=O)cc2)C(=O)C1Oc1ccc(C#N)c(C(F)(F)F)c1. The van der Waals surface area contributed by atoms with Crippen LogP contribution in [-0.4, -0.2) is 111 Å². The summed E-state index contributed by atoms with van der Waals surface area (Å²) in [4.78, 5) is 65.9. The van der Waals surface area contributed by atoms with Gasteiger partial charge < -0.3 is 33.9 Å². The van der Waals surface area contributed by atoms with Crippen molar-refractivity contribution in [2.45, 2.75) is 64.4 Å². The fourth-order valence-corrected chi connectivity index (χ4v) is 7.42. The largest absolute Gasteiger partial charge is 0.490 e. The zero-order chi connectivity index (χ0) is 44.4. The third-order valence-electron chi connectivity index (χ3n) is 10.5. The number of piperidine rings is 1. The molecule has 5 amide bonds. The molecule has 0 aliphatic carbocycles. The molecule has 18 heteroatoms. The number of likely N-dealkylation sites (tertiary alicyclic amines) is 1. The van der Waals surface area contributed by atoms with Gasteiger partial charge in [-0.2, -0.15) is 18.4 Å². The number of nitrogens with zero attached hydrogens (tertiary/aromatic N) is 3. The van der Waals surface area contributed by atoms with Gasteiger partial charge in [-0.3, -0.25) is 34.2 Å². The number of nitrogens with one attached hydrogen (secondary N) is 2. The minimum absolute atomic E-state index is 0.0382. The summed E-state index contributed by atoms with van der Waals surface area (Å²) < 4.78 is 69.0. The zero-order valence-electron chi connectivity index (χ0n) is 34.4. The molecule has 62 heavy (non-hydrogen) atoms. The Hall–Kier alpha value is -6.03. The van der Waals surface area contributed by atoms with Crippen molar-refractivity contribution in [2.75, 3.05) is 64.7 Å². The molecular formula is C44H48F3N5O10. The monoisotopic (exact) mass is 863 g/mol. The maximum atomic E-state index is 13.5. The van der Waals surface area contributed by atoms with Crippen LogP contribution in [0.25, 0.3) is 0 Å². The normalized spacial score (nSPS) is 18.5. The van der Waals surface area contributed by atoms with E-state index in [-0.39, 0.29) is 54.6 Å². The van der Waals surface area contributed by atoms with E-state index < -0.39 is 58.5 Å². The van der Waals surface area contributed by atoms with Gasteiger partial charge in [0, 0.05) is 50.4 Å². The number of anilines is 1. The van der Waals surface area contributed by atoms with E-state index in [0.29, 0.717) is 52.7 Å².